The Morgan fingerprint density at radius 1 is 1.50 bits per heavy atom. The molecule has 1 aliphatic rings. The summed E-state index contributed by atoms with van der Waals surface area (Å²) < 4.78 is 26.7. The van der Waals surface area contributed by atoms with Gasteiger partial charge >= 0.3 is 0 Å². The molecule has 1 fully saturated rings. The van der Waals surface area contributed by atoms with Crippen molar-refractivity contribution in [2.24, 2.45) is 5.92 Å². The van der Waals surface area contributed by atoms with E-state index in [4.69, 9.17) is 0 Å². The van der Waals surface area contributed by atoms with Crippen molar-refractivity contribution in [1.29, 1.82) is 0 Å². The number of rotatable bonds is 5. The van der Waals surface area contributed by atoms with Crippen LogP contribution in [0.25, 0.3) is 0 Å². The quantitative estimate of drug-likeness (QED) is 0.588. The molecule has 1 unspecified atom stereocenters. The van der Waals surface area contributed by atoms with Gasteiger partial charge in [-0.1, -0.05) is 0 Å². The molecule has 1 aliphatic heterocycles. The van der Waals surface area contributed by atoms with E-state index in [1.165, 1.54) is 22.5 Å². The monoisotopic (exact) mass is 413 g/mol. The minimum Gasteiger partial charge on any atom is -0.319 e. The number of sulfonamides is 1. The van der Waals surface area contributed by atoms with Gasteiger partial charge in [0, 0.05) is 19.2 Å². The van der Waals surface area contributed by atoms with E-state index in [9.17, 15) is 18.5 Å². The topological polar surface area (TPSA) is 92.6 Å². The molecule has 0 spiro atoms. The number of halogens is 2. The van der Waals surface area contributed by atoms with Crippen molar-refractivity contribution in [3.63, 3.8) is 0 Å². The first-order valence-corrected chi connectivity index (χ1v) is 8.68. The van der Waals surface area contributed by atoms with Gasteiger partial charge in [-0.2, -0.15) is 4.31 Å². The summed E-state index contributed by atoms with van der Waals surface area (Å²) in [5, 5.41) is 13.8. The molecule has 1 atom stereocenters. The summed E-state index contributed by atoms with van der Waals surface area (Å²) in [5.41, 5.74) is -0.150. The second-order valence-corrected chi connectivity index (χ2v) is 7.74. The van der Waals surface area contributed by atoms with E-state index in [-0.39, 0.29) is 27.5 Å². The molecule has 7 nitrogen and oxygen atoms in total. The highest BCUT2D eigenvalue weighted by Crippen LogP contribution is 2.30. The van der Waals surface area contributed by atoms with E-state index in [2.05, 4.69) is 21.2 Å². The molecule has 2 rings (SSSR count). The highest BCUT2D eigenvalue weighted by atomic mass is 79.9. The third kappa shape index (κ3) is 3.96. The van der Waals surface area contributed by atoms with Crippen molar-refractivity contribution in [2.75, 3.05) is 26.7 Å². The zero-order valence-electron chi connectivity index (χ0n) is 11.9. The van der Waals surface area contributed by atoms with Gasteiger partial charge in [0.2, 0.25) is 10.0 Å². The Morgan fingerprint density at radius 2 is 2.18 bits per heavy atom. The smallest absolute Gasteiger partial charge is 0.283 e. The van der Waals surface area contributed by atoms with Crippen LogP contribution in [-0.4, -0.2) is 44.3 Å². The van der Waals surface area contributed by atoms with Crippen LogP contribution >= 0.6 is 28.3 Å². The van der Waals surface area contributed by atoms with Crippen LogP contribution in [0.4, 0.5) is 5.69 Å². The minimum atomic E-state index is -3.60. The van der Waals surface area contributed by atoms with Crippen LogP contribution in [-0.2, 0) is 10.0 Å². The zero-order valence-corrected chi connectivity index (χ0v) is 15.1. The van der Waals surface area contributed by atoms with Gasteiger partial charge < -0.3 is 5.32 Å². The maximum absolute atomic E-state index is 12.5. The summed E-state index contributed by atoms with van der Waals surface area (Å²) in [7, 11) is -1.76. The van der Waals surface area contributed by atoms with E-state index in [0.29, 0.717) is 19.0 Å². The predicted molar refractivity (Wildman–Crippen MR) is 88.8 cm³/mol. The van der Waals surface area contributed by atoms with E-state index in [0.717, 1.165) is 13.0 Å². The van der Waals surface area contributed by atoms with E-state index < -0.39 is 14.9 Å². The summed E-state index contributed by atoms with van der Waals surface area (Å²) >= 11 is 3.05. The number of hydrogen-bond acceptors (Lipinski definition) is 5. The number of nitro benzene ring substituents is 1. The molecular weight excluding hydrogens is 398 g/mol. The zero-order chi connectivity index (χ0) is 15.6. The van der Waals surface area contributed by atoms with Crippen LogP contribution in [0.3, 0.4) is 0 Å². The molecular formula is C12H17BrClN3O4S. The van der Waals surface area contributed by atoms with Crippen LogP contribution in [0.1, 0.15) is 6.42 Å². The fourth-order valence-electron chi connectivity index (χ4n) is 2.42. The van der Waals surface area contributed by atoms with E-state index >= 15 is 0 Å². The van der Waals surface area contributed by atoms with Crippen LogP contribution in [0.5, 0.6) is 0 Å². The first-order valence-electron chi connectivity index (χ1n) is 6.45. The molecule has 0 bridgehead atoms. The van der Waals surface area contributed by atoms with Gasteiger partial charge in [0.25, 0.3) is 5.69 Å². The minimum absolute atomic E-state index is 0. The van der Waals surface area contributed by atoms with Crippen LogP contribution in [0, 0.1) is 16.0 Å². The number of nitrogens with zero attached hydrogens (tertiary/aromatic N) is 2. The van der Waals surface area contributed by atoms with Crippen LogP contribution in [0.15, 0.2) is 27.6 Å². The highest BCUT2D eigenvalue weighted by Gasteiger charge is 2.32. The number of hydrogen-bond donors (Lipinski definition) is 1. The largest absolute Gasteiger partial charge is 0.319 e. The van der Waals surface area contributed by atoms with Gasteiger partial charge in [-0.3, -0.25) is 10.1 Å². The first kappa shape index (κ1) is 19.3. The Hall–Kier alpha value is -0.740. The van der Waals surface area contributed by atoms with Gasteiger partial charge in [0.1, 0.15) is 0 Å². The molecule has 1 N–H and O–H groups in total. The molecule has 10 heteroatoms. The number of benzene rings is 1. The molecule has 0 saturated carbocycles. The van der Waals surface area contributed by atoms with Crippen molar-refractivity contribution in [3.05, 3.63) is 32.8 Å². The molecule has 1 heterocycles. The normalized spacial score (nSPS) is 18.9. The molecule has 0 aliphatic carbocycles. The van der Waals surface area contributed by atoms with E-state index in [1.807, 2.05) is 7.05 Å². The van der Waals surface area contributed by atoms with Crippen LogP contribution < -0.4 is 5.32 Å². The van der Waals surface area contributed by atoms with Crippen LogP contribution in [0.2, 0.25) is 0 Å². The standard InChI is InChI=1S/C12H16BrN3O4S.ClH/c1-14-7-9-4-5-15(8-9)21(19,20)10-2-3-12(16(17)18)11(13)6-10;/h2-3,6,9,14H,4-5,7-8H2,1H3;1H. The van der Waals surface area contributed by atoms with E-state index in [1.54, 1.807) is 0 Å². The summed E-state index contributed by atoms with van der Waals surface area (Å²) in [6.45, 7) is 1.72. The Labute approximate surface area is 143 Å². The maximum Gasteiger partial charge on any atom is 0.283 e. The average Bonchev–Trinajstić information content (AvgIpc) is 2.88. The molecule has 22 heavy (non-hydrogen) atoms. The Bertz CT molecular complexity index is 656. The Balaban J connectivity index is 0.00000242. The maximum atomic E-state index is 12.5. The molecule has 1 saturated heterocycles. The predicted octanol–water partition coefficient (Wildman–Crippen LogP) is 2.01. The number of nitrogens with one attached hydrogen (secondary N) is 1. The van der Waals surface area contributed by atoms with Gasteiger partial charge in [0.05, 0.1) is 14.3 Å². The highest BCUT2D eigenvalue weighted by molar-refractivity contribution is 9.10. The Morgan fingerprint density at radius 3 is 2.73 bits per heavy atom. The van der Waals surface area contributed by atoms with Crippen molar-refractivity contribution < 1.29 is 13.3 Å². The van der Waals surface area contributed by atoms with Gasteiger partial charge in [-0.25, -0.2) is 8.42 Å². The summed E-state index contributed by atoms with van der Waals surface area (Å²) in [6, 6.07) is 3.78. The summed E-state index contributed by atoms with van der Waals surface area (Å²) in [5.74, 6) is 0.297. The molecule has 124 valence electrons. The second kappa shape index (κ2) is 7.69. The third-order valence-corrected chi connectivity index (χ3v) is 5.99. The molecule has 1 aromatic rings. The lowest BCUT2D eigenvalue weighted by Crippen LogP contribution is -2.30. The lowest BCUT2D eigenvalue weighted by atomic mass is 10.1. The van der Waals surface area contributed by atoms with Crippen molar-refractivity contribution in [2.45, 2.75) is 11.3 Å². The summed E-state index contributed by atoms with van der Waals surface area (Å²) in [6.07, 6.45) is 0.814. The Kier molecular flexibility index (Phi) is 6.75. The fraction of sp³-hybridized carbons (Fsp3) is 0.500. The summed E-state index contributed by atoms with van der Waals surface area (Å²) in [4.78, 5) is 10.3. The average molecular weight is 415 g/mol. The second-order valence-electron chi connectivity index (χ2n) is 4.95. The van der Waals surface area contributed by atoms with Gasteiger partial charge in [-0.15, -0.1) is 12.4 Å². The third-order valence-electron chi connectivity index (χ3n) is 3.50. The molecule has 0 aromatic heterocycles. The van der Waals surface area contributed by atoms with Crippen molar-refractivity contribution in [1.82, 2.24) is 9.62 Å². The first-order chi connectivity index (χ1) is 9.86. The van der Waals surface area contributed by atoms with Gasteiger partial charge in [-0.05, 0) is 54.0 Å². The van der Waals surface area contributed by atoms with Crippen molar-refractivity contribution in [3.8, 4) is 0 Å². The molecule has 1 aromatic carbocycles. The number of nitro groups is 1. The fourth-order valence-corrected chi connectivity index (χ4v) is 4.65. The lowest BCUT2D eigenvalue weighted by Gasteiger charge is -2.16. The lowest BCUT2D eigenvalue weighted by molar-refractivity contribution is -0.385. The van der Waals surface area contributed by atoms with Crippen molar-refractivity contribution >= 4 is 44.0 Å². The SMILES string of the molecule is CNCC1CCN(S(=O)(=O)c2ccc([N+](=O)[O-])c(Br)c2)C1.Cl. The molecule has 0 radical (unpaired) electrons. The molecule has 0 amide bonds. The van der Waals surface area contributed by atoms with Gasteiger partial charge in [0.15, 0.2) is 0 Å².